The van der Waals surface area contributed by atoms with E-state index >= 15 is 0 Å². The summed E-state index contributed by atoms with van der Waals surface area (Å²) < 4.78 is 6.05. The zero-order valence-electron chi connectivity index (χ0n) is 17.7. The van der Waals surface area contributed by atoms with Gasteiger partial charge in [0.1, 0.15) is 11.5 Å². The van der Waals surface area contributed by atoms with Gasteiger partial charge in [-0.15, -0.1) is 0 Å². The molecule has 1 saturated heterocycles. The van der Waals surface area contributed by atoms with Gasteiger partial charge in [0.2, 0.25) is 5.91 Å². The standard InChI is InChI=1S/C25H30N2O3/c1-19(28)25(20-7-3-2-4-8-20)13-16-27(17-14-25)15-6-18-30-23-10-5-9-22-21(23)11-12-24(29)26-22/h2-5,7-10H,6,11-18H2,1H3,(H,26,29). The largest absolute Gasteiger partial charge is 0.493 e. The van der Waals surface area contributed by atoms with E-state index in [1.807, 2.05) is 36.4 Å². The van der Waals surface area contributed by atoms with E-state index in [1.165, 1.54) is 0 Å². The lowest BCUT2D eigenvalue weighted by Gasteiger charge is -2.40. The van der Waals surface area contributed by atoms with Crippen molar-refractivity contribution in [3.05, 3.63) is 59.7 Å². The van der Waals surface area contributed by atoms with Gasteiger partial charge in [-0.3, -0.25) is 9.59 Å². The third-order valence-corrected chi connectivity index (χ3v) is 6.60. The molecule has 0 spiro atoms. The summed E-state index contributed by atoms with van der Waals surface area (Å²) in [6, 6.07) is 16.1. The van der Waals surface area contributed by atoms with Crippen LogP contribution in [0.5, 0.6) is 5.75 Å². The van der Waals surface area contributed by atoms with Gasteiger partial charge in [-0.1, -0.05) is 36.4 Å². The van der Waals surface area contributed by atoms with Gasteiger partial charge in [0.25, 0.3) is 0 Å². The number of hydrogen-bond acceptors (Lipinski definition) is 4. The van der Waals surface area contributed by atoms with Crippen LogP contribution < -0.4 is 10.1 Å². The van der Waals surface area contributed by atoms with Crippen molar-refractivity contribution in [3.63, 3.8) is 0 Å². The van der Waals surface area contributed by atoms with Crippen molar-refractivity contribution in [3.8, 4) is 5.75 Å². The molecular formula is C25H30N2O3. The number of anilines is 1. The van der Waals surface area contributed by atoms with Gasteiger partial charge in [-0.2, -0.15) is 0 Å². The van der Waals surface area contributed by atoms with Crippen LogP contribution in [0.4, 0.5) is 5.69 Å². The summed E-state index contributed by atoms with van der Waals surface area (Å²) in [4.78, 5) is 26.5. The van der Waals surface area contributed by atoms with Crippen molar-refractivity contribution in [1.29, 1.82) is 0 Å². The number of amides is 1. The van der Waals surface area contributed by atoms with Gasteiger partial charge >= 0.3 is 0 Å². The summed E-state index contributed by atoms with van der Waals surface area (Å²) in [5, 5.41) is 2.92. The second-order valence-electron chi connectivity index (χ2n) is 8.38. The summed E-state index contributed by atoms with van der Waals surface area (Å²) >= 11 is 0. The minimum atomic E-state index is -0.332. The molecule has 1 amide bonds. The van der Waals surface area contributed by atoms with Gasteiger partial charge in [0.15, 0.2) is 0 Å². The van der Waals surface area contributed by atoms with Gasteiger partial charge in [0, 0.05) is 24.2 Å². The minimum Gasteiger partial charge on any atom is -0.493 e. The molecule has 2 aromatic rings. The topological polar surface area (TPSA) is 58.6 Å². The van der Waals surface area contributed by atoms with E-state index in [1.54, 1.807) is 6.92 Å². The summed E-state index contributed by atoms with van der Waals surface area (Å²) in [5.41, 5.74) is 2.80. The number of rotatable bonds is 7. The smallest absolute Gasteiger partial charge is 0.224 e. The number of fused-ring (bicyclic) bond motifs is 1. The third kappa shape index (κ3) is 4.26. The summed E-state index contributed by atoms with van der Waals surface area (Å²) in [5.74, 6) is 1.23. The molecule has 5 heteroatoms. The molecule has 4 rings (SSSR count). The molecular weight excluding hydrogens is 376 g/mol. The number of benzene rings is 2. The van der Waals surface area contributed by atoms with E-state index in [0.717, 1.165) is 67.9 Å². The van der Waals surface area contributed by atoms with Gasteiger partial charge in [-0.25, -0.2) is 0 Å². The van der Waals surface area contributed by atoms with Crippen LogP contribution in [-0.4, -0.2) is 42.8 Å². The summed E-state index contributed by atoms with van der Waals surface area (Å²) in [7, 11) is 0. The number of piperidine rings is 1. The van der Waals surface area contributed by atoms with Crippen LogP contribution in [0.2, 0.25) is 0 Å². The fourth-order valence-electron chi connectivity index (χ4n) is 4.76. The van der Waals surface area contributed by atoms with Crippen LogP contribution in [0.3, 0.4) is 0 Å². The predicted octanol–water partition coefficient (Wildman–Crippen LogP) is 3.96. The maximum atomic E-state index is 12.5. The average Bonchev–Trinajstić information content (AvgIpc) is 2.77. The molecule has 5 nitrogen and oxygen atoms in total. The number of hydrogen-bond donors (Lipinski definition) is 1. The molecule has 0 saturated carbocycles. The predicted molar refractivity (Wildman–Crippen MR) is 118 cm³/mol. The Labute approximate surface area is 178 Å². The number of Topliss-reactive ketones (excluding diaryl/α,β-unsaturated/α-hetero) is 1. The van der Waals surface area contributed by atoms with E-state index in [2.05, 4.69) is 22.3 Å². The molecule has 158 valence electrons. The number of ketones is 1. The van der Waals surface area contributed by atoms with Crippen LogP contribution in [0.1, 0.15) is 43.7 Å². The number of ether oxygens (including phenoxy) is 1. The molecule has 30 heavy (non-hydrogen) atoms. The van der Waals surface area contributed by atoms with Gasteiger partial charge in [0.05, 0.1) is 12.0 Å². The SMILES string of the molecule is CC(=O)C1(c2ccccc2)CCN(CCCOc2cccc3c2CCC(=O)N3)CC1. The Kier molecular flexibility index (Phi) is 6.18. The highest BCUT2D eigenvalue weighted by Gasteiger charge is 2.40. The highest BCUT2D eigenvalue weighted by molar-refractivity contribution is 5.94. The van der Waals surface area contributed by atoms with Crippen LogP contribution in [0.15, 0.2) is 48.5 Å². The number of likely N-dealkylation sites (tertiary alicyclic amines) is 1. The summed E-state index contributed by atoms with van der Waals surface area (Å²) in [6.45, 7) is 5.22. The maximum absolute atomic E-state index is 12.5. The van der Waals surface area contributed by atoms with E-state index < -0.39 is 0 Å². The first-order chi connectivity index (χ1) is 14.6. The fourth-order valence-corrected chi connectivity index (χ4v) is 4.76. The molecule has 0 radical (unpaired) electrons. The zero-order chi connectivity index (χ0) is 21.0. The first-order valence-corrected chi connectivity index (χ1v) is 10.9. The molecule has 0 aromatic heterocycles. The molecule has 1 fully saturated rings. The molecule has 2 aromatic carbocycles. The lowest BCUT2D eigenvalue weighted by atomic mass is 9.70. The van der Waals surface area contributed by atoms with Crippen molar-refractivity contribution >= 4 is 17.4 Å². The molecule has 1 N–H and O–H groups in total. The Morgan fingerprint density at radius 1 is 1.07 bits per heavy atom. The number of nitrogens with one attached hydrogen (secondary N) is 1. The van der Waals surface area contributed by atoms with Crippen LogP contribution in [0, 0.1) is 0 Å². The van der Waals surface area contributed by atoms with Crippen molar-refractivity contribution < 1.29 is 14.3 Å². The number of carbonyl (C=O) groups excluding carboxylic acids is 2. The second-order valence-corrected chi connectivity index (χ2v) is 8.38. The lowest BCUT2D eigenvalue weighted by Crippen LogP contribution is -2.46. The Morgan fingerprint density at radius 2 is 1.83 bits per heavy atom. The Balaban J connectivity index is 1.27. The molecule has 0 unspecified atom stereocenters. The van der Waals surface area contributed by atoms with E-state index in [4.69, 9.17) is 4.74 Å². The van der Waals surface area contributed by atoms with Crippen molar-refractivity contribution in [2.75, 3.05) is 31.6 Å². The quantitative estimate of drug-likeness (QED) is 0.707. The first kappa shape index (κ1) is 20.6. The van der Waals surface area contributed by atoms with Crippen molar-refractivity contribution in [2.45, 2.75) is 44.4 Å². The maximum Gasteiger partial charge on any atom is 0.224 e. The Hall–Kier alpha value is -2.66. The number of nitrogens with zero attached hydrogens (tertiary/aromatic N) is 1. The van der Waals surface area contributed by atoms with E-state index in [9.17, 15) is 9.59 Å². The zero-order valence-corrected chi connectivity index (χ0v) is 17.7. The number of carbonyl (C=O) groups is 2. The molecule has 0 atom stereocenters. The van der Waals surface area contributed by atoms with Crippen molar-refractivity contribution in [1.82, 2.24) is 4.90 Å². The first-order valence-electron chi connectivity index (χ1n) is 10.9. The third-order valence-electron chi connectivity index (χ3n) is 6.60. The lowest BCUT2D eigenvalue weighted by molar-refractivity contribution is -0.124. The Morgan fingerprint density at radius 3 is 2.57 bits per heavy atom. The van der Waals surface area contributed by atoms with Gasteiger partial charge < -0.3 is 15.0 Å². The van der Waals surface area contributed by atoms with Crippen molar-refractivity contribution in [2.24, 2.45) is 0 Å². The summed E-state index contributed by atoms with van der Waals surface area (Å²) in [6.07, 6.45) is 3.93. The molecule has 0 aliphatic carbocycles. The minimum absolute atomic E-state index is 0.0712. The highest BCUT2D eigenvalue weighted by Crippen LogP contribution is 2.36. The van der Waals surface area contributed by atoms with Crippen LogP contribution in [0.25, 0.3) is 0 Å². The monoisotopic (exact) mass is 406 g/mol. The van der Waals surface area contributed by atoms with E-state index in [0.29, 0.717) is 13.0 Å². The van der Waals surface area contributed by atoms with E-state index in [-0.39, 0.29) is 17.1 Å². The van der Waals surface area contributed by atoms with Gasteiger partial charge in [-0.05, 0) is 63.4 Å². The Bertz CT molecular complexity index is 902. The average molecular weight is 407 g/mol. The normalized spacial score (nSPS) is 18.4. The second kappa shape index (κ2) is 9.00. The highest BCUT2D eigenvalue weighted by atomic mass is 16.5. The molecule has 2 aliphatic heterocycles. The van der Waals surface area contributed by atoms with Crippen LogP contribution >= 0.6 is 0 Å². The molecule has 2 aliphatic rings. The fraction of sp³-hybridized carbons (Fsp3) is 0.440. The molecule has 0 bridgehead atoms. The molecule has 2 heterocycles. The van der Waals surface area contributed by atoms with Crippen LogP contribution in [-0.2, 0) is 21.4 Å².